The van der Waals surface area contributed by atoms with Crippen LogP contribution in [0.1, 0.15) is 22.2 Å². The number of nitrogens with one attached hydrogen (secondary N) is 1. The standard InChI is InChI=1S/C13H12BrNO3/c14-12-7-6-11(18-12)13(17)15-10(8-16)9-4-2-1-3-5-9/h1-7,10,16H,8H2,(H,15,17). The summed E-state index contributed by atoms with van der Waals surface area (Å²) in [7, 11) is 0. The van der Waals surface area contributed by atoms with Crippen molar-refractivity contribution in [3.63, 3.8) is 0 Å². The van der Waals surface area contributed by atoms with Crippen LogP contribution >= 0.6 is 15.9 Å². The van der Waals surface area contributed by atoms with Crippen LogP contribution < -0.4 is 5.32 Å². The molecule has 1 amide bonds. The smallest absolute Gasteiger partial charge is 0.287 e. The first-order chi connectivity index (χ1) is 8.70. The van der Waals surface area contributed by atoms with Gasteiger partial charge >= 0.3 is 0 Å². The molecule has 1 heterocycles. The van der Waals surface area contributed by atoms with Crippen molar-refractivity contribution in [2.24, 2.45) is 0 Å². The summed E-state index contributed by atoms with van der Waals surface area (Å²) in [5.41, 5.74) is 0.846. The molecule has 1 unspecified atom stereocenters. The van der Waals surface area contributed by atoms with Crippen LogP contribution in [0.5, 0.6) is 0 Å². The van der Waals surface area contributed by atoms with E-state index in [1.54, 1.807) is 12.1 Å². The Kier molecular flexibility index (Phi) is 4.17. The Bertz CT molecular complexity index is 524. The van der Waals surface area contributed by atoms with Gasteiger partial charge in [-0.2, -0.15) is 0 Å². The number of aliphatic hydroxyl groups excluding tert-OH is 1. The molecule has 0 saturated carbocycles. The fourth-order valence-corrected chi connectivity index (χ4v) is 1.89. The maximum atomic E-state index is 11.9. The second-order valence-electron chi connectivity index (χ2n) is 3.72. The molecule has 1 aromatic heterocycles. The summed E-state index contributed by atoms with van der Waals surface area (Å²) in [6.45, 7) is -0.169. The number of amides is 1. The van der Waals surface area contributed by atoms with E-state index in [-0.39, 0.29) is 18.3 Å². The van der Waals surface area contributed by atoms with Crippen molar-refractivity contribution >= 4 is 21.8 Å². The van der Waals surface area contributed by atoms with E-state index in [1.807, 2.05) is 30.3 Å². The Labute approximate surface area is 113 Å². The monoisotopic (exact) mass is 309 g/mol. The molecule has 0 radical (unpaired) electrons. The molecule has 0 saturated heterocycles. The summed E-state index contributed by atoms with van der Waals surface area (Å²) >= 11 is 3.13. The summed E-state index contributed by atoms with van der Waals surface area (Å²) in [4.78, 5) is 11.9. The molecule has 0 fully saturated rings. The van der Waals surface area contributed by atoms with Gasteiger partial charge in [0.2, 0.25) is 0 Å². The largest absolute Gasteiger partial charge is 0.444 e. The van der Waals surface area contributed by atoms with Crippen molar-refractivity contribution in [3.05, 3.63) is 58.5 Å². The number of hydrogen-bond donors (Lipinski definition) is 2. The first-order valence-electron chi connectivity index (χ1n) is 5.42. The number of rotatable bonds is 4. The third-order valence-electron chi connectivity index (χ3n) is 2.49. The molecular weight excluding hydrogens is 298 g/mol. The topological polar surface area (TPSA) is 62.5 Å². The van der Waals surface area contributed by atoms with Crippen molar-refractivity contribution < 1.29 is 14.3 Å². The van der Waals surface area contributed by atoms with Crippen LogP contribution in [0.15, 0.2) is 51.6 Å². The number of benzene rings is 1. The van der Waals surface area contributed by atoms with Gasteiger partial charge in [-0.15, -0.1) is 0 Å². The van der Waals surface area contributed by atoms with Crippen molar-refractivity contribution in [1.29, 1.82) is 0 Å². The zero-order valence-corrected chi connectivity index (χ0v) is 11.1. The Balaban J connectivity index is 2.10. The van der Waals surface area contributed by atoms with E-state index in [4.69, 9.17) is 4.42 Å². The predicted octanol–water partition coefficient (Wildman–Crippen LogP) is 2.51. The highest BCUT2D eigenvalue weighted by molar-refractivity contribution is 9.10. The van der Waals surface area contributed by atoms with E-state index in [9.17, 15) is 9.90 Å². The normalized spacial score (nSPS) is 12.1. The third kappa shape index (κ3) is 3.00. The lowest BCUT2D eigenvalue weighted by Gasteiger charge is -2.15. The molecule has 18 heavy (non-hydrogen) atoms. The molecule has 0 aliphatic carbocycles. The van der Waals surface area contributed by atoms with Crippen molar-refractivity contribution in [2.75, 3.05) is 6.61 Å². The number of carbonyl (C=O) groups excluding carboxylic acids is 1. The quantitative estimate of drug-likeness (QED) is 0.912. The summed E-state index contributed by atoms with van der Waals surface area (Å²) in [5, 5.41) is 12.0. The van der Waals surface area contributed by atoms with Crippen molar-refractivity contribution in [2.45, 2.75) is 6.04 Å². The van der Waals surface area contributed by atoms with E-state index in [0.29, 0.717) is 4.67 Å². The van der Waals surface area contributed by atoms with Gasteiger partial charge in [-0.05, 0) is 33.6 Å². The molecule has 1 atom stereocenters. The minimum atomic E-state index is -0.442. The molecule has 2 N–H and O–H groups in total. The van der Waals surface area contributed by atoms with Crippen LogP contribution in [0.2, 0.25) is 0 Å². The molecule has 0 spiro atoms. The van der Waals surface area contributed by atoms with Crippen LogP contribution in [0.3, 0.4) is 0 Å². The fourth-order valence-electron chi connectivity index (χ4n) is 1.59. The summed E-state index contributed by atoms with van der Waals surface area (Å²) in [5.74, 6) is -0.153. The second kappa shape index (κ2) is 5.84. The van der Waals surface area contributed by atoms with Crippen LogP contribution in [0.4, 0.5) is 0 Å². The van der Waals surface area contributed by atoms with E-state index >= 15 is 0 Å². The number of furan rings is 1. The number of aliphatic hydroxyl groups is 1. The van der Waals surface area contributed by atoms with Gasteiger partial charge in [-0.1, -0.05) is 30.3 Å². The highest BCUT2D eigenvalue weighted by Crippen LogP contribution is 2.16. The zero-order chi connectivity index (χ0) is 13.0. The van der Waals surface area contributed by atoms with Crippen LogP contribution in [-0.4, -0.2) is 17.6 Å². The fraction of sp³-hybridized carbons (Fsp3) is 0.154. The van der Waals surface area contributed by atoms with Crippen LogP contribution in [0.25, 0.3) is 0 Å². The van der Waals surface area contributed by atoms with E-state index in [0.717, 1.165) is 5.56 Å². The maximum Gasteiger partial charge on any atom is 0.287 e. The highest BCUT2D eigenvalue weighted by Gasteiger charge is 2.16. The number of carbonyl (C=O) groups is 1. The average Bonchev–Trinajstić information content (AvgIpc) is 2.83. The molecule has 5 heteroatoms. The highest BCUT2D eigenvalue weighted by atomic mass is 79.9. The predicted molar refractivity (Wildman–Crippen MR) is 70.1 cm³/mol. The van der Waals surface area contributed by atoms with E-state index in [1.165, 1.54) is 0 Å². The Morgan fingerprint density at radius 3 is 2.56 bits per heavy atom. The first-order valence-corrected chi connectivity index (χ1v) is 6.22. The molecule has 94 valence electrons. The van der Waals surface area contributed by atoms with Gasteiger partial charge in [0.1, 0.15) is 0 Å². The molecule has 2 aromatic rings. The molecule has 1 aromatic carbocycles. The third-order valence-corrected chi connectivity index (χ3v) is 2.91. The lowest BCUT2D eigenvalue weighted by Crippen LogP contribution is -2.30. The minimum absolute atomic E-state index is 0.169. The second-order valence-corrected chi connectivity index (χ2v) is 4.50. The molecule has 0 aliphatic heterocycles. The molecule has 0 bridgehead atoms. The van der Waals surface area contributed by atoms with Crippen LogP contribution in [0, 0.1) is 0 Å². The number of hydrogen-bond acceptors (Lipinski definition) is 3. The minimum Gasteiger partial charge on any atom is -0.444 e. The van der Waals surface area contributed by atoms with Gasteiger partial charge in [0.25, 0.3) is 5.91 Å². The van der Waals surface area contributed by atoms with Crippen molar-refractivity contribution in [3.8, 4) is 0 Å². The SMILES string of the molecule is O=C(NC(CO)c1ccccc1)c1ccc(Br)o1. The van der Waals surface area contributed by atoms with Gasteiger partial charge in [0, 0.05) is 0 Å². The van der Waals surface area contributed by atoms with E-state index < -0.39 is 6.04 Å². The van der Waals surface area contributed by atoms with Gasteiger partial charge in [-0.3, -0.25) is 4.79 Å². The van der Waals surface area contributed by atoms with Gasteiger partial charge < -0.3 is 14.8 Å². The molecule has 2 rings (SSSR count). The summed E-state index contributed by atoms with van der Waals surface area (Å²) in [6, 6.07) is 12.1. The zero-order valence-electron chi connectivity index (χ0n) is 9.47. The average molecular weight is 310 g/mol. The molecule has 4 nitrogen and oxygen atoms in total. The Morgan fingerprint density at radius 1 is 1.28 bits per heavy atom. The van der Waals surface area contributed by atoms with Crippen LogP contribution in [-0.2, 0) is 0 Å². The molecular formula is C13H12BrNO3. The Morgan fingerprint density at radius 2 is 2.00 bits per heavy atom. The lowest BCUT2D eigenvalue weighted by molar-refractivity contribution is 0.0887. The van der Waals surface area contributed by atoms with Crippen molar-refractivity contribution in [1.82, 2.24) is 5.32 Å². The Hall–Kier alpha value is -1.59. The first kappa shape index (κ1) is 12.9. The summed E-state index contributed by atoms with van der Waals surface area (Å²) in [6.07, 6.45) is 0. The van der Waals surface area contributed by atoms with E-state index in [2.05, 4.69) is 21.2 Å². The molecule has 0 aliphatic rings. The number of halogens is 1. The van der Waals surface area contributed by atoms with Gasteiger partial charge in [0.15, 0.2) is 10.4 Å². The maximum absolute atomic E-state index is 11.9. The van der Waals surface area contributed by atoms with Gasteiger partial charge in [0.05, 0.1) is 12.6 Å². The summed E-state index contributed by atoms with van der Waals surface area (Å²) < 4.78 is 5.64. The van der Waals surface area contributed by atoms with Gasteiger partial charge in [-0.25, -0.2) is 0 Å². The lowest BCUT2D eigenvalue weighted by atomic mass is 10.1.